The lowest BCUT2D eigenvalue weighted by Crippen LogP contribution is -2.21. The van der Waals surface area contributed by atoms with Gasteiger partial charge in [0.1, 0.15) is 0 Å². The number of benzene rings is 1. The van der Waals surface area contributed by atoms with Gasteiger partial charge < -0.3 is 11.1 Å². The number of rotatable bonds is 1. The first kappa shape index (κ1) is 10.4. The maximum absolute atomic E-state index is 11.1. The molecule has 3 N–H and O–H groups in total. The molecule has 1 aliphatic rings. The van der Waals surface area contributed by atoms with E-state index in [2.05, 4.69) is 10.3 Å². The molecule has 82 valence electrons. The van der Waals surface area contributed by atoms with Gasteiger partial charge in [-0.1, -0.05) is 24.3 Å². The van der Waals surface area contributed by atoms with Gasteiger partial charge in [0.15, 0.2) is 5.84 Å². The van der Waals surface area contributed by atoms with Gasteiger partial charge in [-0.2, -0.15) is 4.99 Å². The van der Waals surface area contributed by atoms with E-state index in [0.717, 1.165) is 16.7 Å². The summed E-state index contributed by atoms with van der Waals surface area (Å²) < 4.78 is 0. The first-order valence-corrected chi connectivity index (χ1v) is 5.02. The molecule has 1 heterocycles. The predicted molar refractivity (Wildman–Crippen MR) is 63.9 cm³/mol. The molecule has 0 aromatic heterocycles. The molecule has 0 unspecified atom stereocenters. The molecule has 0 saturated carbocycles. The van der Waals surface area contributed by atoms with Crippen LogP contribution in [0.4, 0.5) is 4.79 Å². The van der Waals surface area contributed by atoms with Gasteiger partial charge in [0, 0.05) is 0 Å². The predicted octanol–water partition coefficient (Wildman–Crippen LogP) is 1.81. The number of amides is 2. The van der Waals surface area contributed by atoms with Gasteiger partial charge in [0.2, 0.25) is 0 Å². The van der Waals surface area contributed by atoms with Crippen molar-refractivity contribution in [2.45, 2.75) is 13.8 Å². The van der Waals surface area contributed by atoms with Crippen LogP contribution in [0.5, 0.6) is 0 Å². The van der Waals surface area contributed by atoms with Crippen LogP contribution >= 0.6 is 0 Å². The molecule has 0 spiro atoms. The molecule has 4 heteroatoms. The standard InChI is InChI=1S/C12H13N3O/c1-7-5-3-4-6-9(7)8(2)10-11(13)15-12(16)14-10/h3-6H,1-2H3,(H3,13,14,15,16). The normalized spacial score (nSPS) is 18.1. The van der Waals surface area contributed by atoms with Crippen LogP contribution in [0.3, 0.4) is 0 Å². The van der Waals surface area contributed by atoms with Crippen LogP contribution in [0, 0.1) is 6.92 Å². The molecule has 16 heavy (non-hydrogen) atoms. The highest BCUT2D eigenvalue weighted by atomic mass is 16.2. The van der Waals surface area contributed by atoms with E-state index in [1.165, 1.54) is 0 Å². The number of amidine groups is 1. The van der Waals surface area contributed by atoms with Gasteiger partial charge in [-0.05, 0) is 30.5 Å². The lowest BCUT2D eigenvalue weighted by Gasteiger charge is -2.09. The highest BCUT2D eigenvalue weighted by Gasteiger charge is 2.19. The molecular formula is C12H13N3O. The summed E-state index contributed by atoms with van der Waals surface area (Å²) in [6, 6.07) is 7.54. The summed E-state index contributed by atoms with van der Waals surface area (Å²) in [6.45, 7) is 3.94. The number of nitrogens with two attached hydrogens (primary N) is 1. The Balaban J connectivity index is 2.51. The van der Waals surface area contributed by atoms with Crippen LogP contribution in [0.2, 0.25) is 0 Å². The lowest BCUT2D eigenvalue weighted by molar-refractivity contribution is 0.253. The Kier molecular flexibility index (Phi) is 2.48. The van der Waals surface area contributed by atoms with E-state index in [9.17, 15) is 4.79 Å². The van der Waals surface area contributed by atoms with E-state index in [4.69, 9.17) is 5.73 Å². The molecule has 4 nitrogen and oxygen atoms in total. The van der Waals surface area contributed by atoms with E-state index in [-0.39, 0.29) is 5.84 Å². The minimum Gasteiger partial charge on any atom is -0.382 e. The largest absolute Gasteiger partial charge is 0.382 e. The van der Waals surface area contributed by atoms with E-state index in [1.807, 2.05) is 38.1 Å². The number of aryl methyl sites for hydroxylation is 1. The van der Waals surface area contributed by atoms with Crippen molar-refractivity contribution in [3.63, 3.8) is 0 Å². The van der Waals surface area contributed by atoms with Crippen molar-refractivity contribution >= 4 is 17.4 Å². The third-order valence-electron chi connectivity index (χ3n) is 2.63. The van der Waals surface area contributed by atoms with Crippen LogP contribution in [0.1, 0.15) is 18.1 Å². The van der Waals surface area contributed by atoms with Crippen LogP contribution in [-0.2, 0) is 0 Å². The van der Waals surface area contributed by atoms with Crippen molar-refractivity contribution < 1.29 is 4.79 Å². The average molecular weight is 215 g/mol. The first-order chi connectivity index (χ1) is 7.59. The number of hydrogen-bond acceptors (Lipinski definition) is 2. The number of hydrogen-bond donors (Lipinski definition) is 2. The summed E-state index contributed by atoms with van der Waals surface area (Å²) in [6.07, 6.45) is 0. The number of carbonyl (C=O) groups excluding carboxylic acids is 1. The Hall–Kier alpha value is -2.10. The summed E-state index contributed by atoms with van der Waals surface area (Å²) in [5.41, 5.74) is 9.42. The number of allylic oxidation sites excluding steroid dienone is 1. The first-order valence-electron chi connectivity index (χ1n) is 5.02. The molecule has 1 aromatic carbocycles. The highest BCUT2D eigenvalue weighted by Crippen LogP contribution is 2.22. The molecule has 0 atom stereocenters. The molecule has 0 radical (unpaired) electrons. The molecule has 2 rings (SSSR count). The average Bonchev–Trinajstić information content (AvgIpc) is 2.58. The van der Waals surface area contributed by atoms with Gasteiger partial charge in [0.05, 0.1) is 5.70 Å². The van der Waals surface area contributed by atoms with Crippen molar-refractivity contribution in [1.29, 1.82) is 0 Å². The number of carbonyl (C=O) groups is 1. The summed E-state index contributed by atoms with van der Waals surface area (Å²) in [5.74, 6) is 0.255. The number of nitrogens with zero attached hydrogens (tertiary/aromatic N) is 1. The topological polar surface area (TPSA) is 67.5 Å². The molecule has 1 aliphatic heterocycles. The second-order valence-corrected chi connectivity index (χ2v) is 3.74. The molecule has 0 aliphatic carbocycles. The lowest BCUT2D eigenvalue weighted by atomic mass is 10.00. The minimum absolute atomic E-state index is 0.255. The van der Waals surface area contributed by atoms with Gasteiger partial charge in [0.25, 0.3) is 0 Å². The van der Waals surface area contributed by atoms with E-state index in [0.29, 0.717) is 5.70 Å². The quantitative estimate of drug-likeness (QED) is 0.750. The Bertz CT molecular complexity index is 515. The Morgan fingerprint density at radius 3 is 2.62 bits per heavy atom. The van der Waals surface area contributed by atoms with Crippen molar-refractivity contribution in [3.05, 3.63) is 41.1 Å². The third kappa shape index (κ3) is 1.69. The third-order valence-corrected chi connectivity index (χ3v) is 2.63. The van der Waals surface area contributed by atoms with Crippen molar-refractivity contribution in [2.24, 2.45) is 10.7 Å². The van der Waals surface area contributed by atoms with Crippen LogP contribution < -0.4 is 11.1 Å². The molecule has 1 aromatic rings. The fourth-order valence-corrected chi connectivity index (χ4v) is 1.78. The van der Waals surface area contributed by atoms with Crippen LogP contribution in [0.15, 0.2) is 35.0 Å². The Labute approximate surface area is 93.9 Å². The number of nitrogens with one attached hydrogen (secondary N) is 1. The molecule has 0 fully saturated rings. The Morgan fingerprint density at radius 1 is 1.38 bits per heavy atom. The monoisotopic (exact) mass is 215 g/mol. The van der Waals surface area contributed by atoms with Gasteiger partial charge in [-0.15, -0.1) is 0 Å². The fourth-order valence-electron chi connectivity index (χ4n) is 1.78. The van der Waals surface area contributed by atoms with Crippen molar-refractivity contribution in [1.82, 2.24) is 5.32 Å². The van der Waals surface area contributed by atoms with E-state index < -0.39 is 6.03 Å². The van der Waals surface area contributed by atoms with Crippen molar-refractivity contribution in [2.75, 3.05) is 0 Å². The molecular weight excluding hydrogens is 202 g/mol. The van der Waals surface area contributed by atoms with Crippen molar-refractivity contribution in [3.8, 4) is 0 Å². The summed E-state index contributed by atoms with van der Waals surface area (Å²) in [5, 5.41) is 2.64. The second-order valence-electron chi connectivity index (χ2n) is 3.74. The van der Waals surface area contributed by atoms with E-state index >= 15 is 0 Å². The molecule has 0 saturated heterocycles. The SMILES string of the molecule is CC(=C1NC(=O)N=C1N)c1ccccc1C. The summed E-state index contributed by atoms with van der Waals surface area (Å²) in [7, 11) is 0. The van der Waals surface area contributed by atoms with Gasteiger partial charge in [-0.3, -0.25) is 0 Å². The molecule has 0 bridgehead atoms. The smallest absolute Gasteiger partial charge is 0.347 e. The minimum atomic E-state index is -0.402. The number of aliphatic imine (C=N–C) groups is 1. The Morgan fingerprint density at radius 2 is 2.06 bits per heavy atom. The maximum atomic E-state index is 11.1. The second kappa shape index (κ2) is 3.81. The zero-order valence-electron chi connectivity index (χ0n) is 9.24. The fraction of sp³-hybridized carbons (Fsp3) is 0.167. The van der Waals surface area contributed by atoms with Crippen LogP contribution in [-0.4, -0.2) is 11.9 Å². The highest BCUT2D eigenvalue weighted by molar-refractivity contribution is 6.14. The zero-order chi connectivity index (χ0) is 11.7. The zero-order valence-corrected chi connectivity index (χ0v) is 9.24. The molecule has 2 amide bonds. The summed E-state index contributed by atoms with van der Waals surface area (Å²) in [4.78, 5) is 14.7. The van der Waals surface area contributed by atoms with Gasteiger partial charge in [-0.25, -0.2) is 4.79 Å². The van der Waals surface area contributed by atoms with E-state index in [1.54, 1.807) is 0 Å². The van der Waals surface area contributed by atoms with Crippen LogP contribution in [0.25, 0.3) is 5.57 Å². The summed E-state index contributed by atoms with van der Waals surface area (Å²) >= 11 is 0. The number of urea groups is 1. The van der Waals surface area contributed by atoms with Gasteiger partial charge >= 0.3 is 6.03 Å². The maximum Gasteiger partial charge on any atom is 0.347 e.